The van der Waals surface area contributed by atoms with Gasteiger partial charge in [-0.25, -0.2) is 0 Å². The lowest BCUT2D eigenvalue weighted by molar-refractivity contribution is 0.795. The monoisotopic (exact) mass is 329 g/mol. The molecule has 0 amide bonds. The minimum Gasteiger partial charge on any atom is -0.311 e. The van der Waals surface area contributed by atoms with E-state index in [0.717, 1.165) is 6.42 Å². The molecule has 0 bridgehead atoms. The molecule has 0 aromatic heterocycles. The molecule has 0 radical (unpaired) electrons. The summed E-state index contributed by atoms with van der Waals surface area (Å²) < 4.78 is 0. The Morgan fingerprint density at radius 3 is 1.40 bits per heavy atom. The second-order valence-corrected chi connectivity index (χ2v) is 6.78. The van der Waals surface area contributed by atoms with Gasteiger partial charge in [0.15, 0.2) is 0 Å². The molecule has 0 heterocycles. The highest BCUT2D eigenvalue weighted by atomic mass is 15.1. The van der Waals surface area contributed by atoms with Gasteiger partial charge in [-0.1, -0.05) is 60.9 Å². The molecule has 0 saturated carbocycles. The second-order valence-electron chi connectivity index (χ2n) is 6.78. The van der Waals surface area contributed by atoms with Crippen LogP contribution in [0.25, 0.3) is 0 Å². The molecule has 0 N–H and O–H groups in total. The zero-order valence-electron chi connectivity index (χ0n) is 15.5. The van der Waals surface area contributed by atoms with E-state index in [1.165, 1.54) is 46.6 Å². The van der Waals surface area contributed by atoms with Crippen molar-refractivity contribution in [3.05, 3.63) is 89.5 Å². The summed E-state index contributed by atoms with van der Waals surface area (Å²) >= 11 is 0. The number of nitrogens with zero attached hydrogens (tertiary/aromatic N) is 1. The van der Waals surface area contributed by atoms with E-state index in [1.54, 1.807) is 0 Å². The van der Waals surface area contributed by atoms with Gasteiger partial charge in [0.2, 0.25) is 0 Å². The molecule has 0 aliphatic carbocycles. The Morgan fingerprint density at radius 1 is 0.600 bits per heavy atom. The van der Waals surface area contributed by atoms with Crippen molar-refractivity contribution in [1.82, 2.24) is 0 Å². The lowest BCUT2D eigenvalue weighted by Gasteiger charge is -2.26. The van der Waals surface area contributed by atoms with Crippen molar-refractivity contribution in [2.45, 2.75) is 40.0 Å². The van der Waals surface area contributed by atoms with Gasteiger partial charge in [0.05, 0.1) is 0 Å². The van der Waals surface area contributed by atoms with Crippen molar-refractivity contribution in [3.8, 4) is 0 Å². The first-order valence-corrected chi connectivity index (χ1v) is 9.20. The number of hydrogen-bond acceptors (Lipinski definition) is 1. The van der Waals surface area contributed by atoms with Crippen LogP contribution in [-0.2, 0) is 6.42 Å². The zero-order valence-corrected chi connectivity index (χ0v) is 15.5. The van der Waals surface area contributed by atoms with Gasteiger partial charge >= 0.3 is 0 Å². The Hall–Kier alpha value is -2.54. The molecular weight excluding hydrogens is 302 g/mol. The number of rotatable bonds is 6. The fourth-order valence-electron chi connectivity index (χ4n) is 3.03. The third-order valence-electron chi connectivity index (χ3n) is 4.60. The fourth-order valence-corrected chi connectivity index (χ4v) is 3.03. The summed E-state index contributed by atoms with van der Waals surface area (Å²) in [5.41, 5.74) is 7.56. The van der Waals surface area contributed by atoms with Crippen molar-refractivity contribution in [1.29, 1.82) is 0 Å². The van der Waals surface area contributed by atoms with Crippen molar-refractivity contribution < 1.29 is 0 Å². The largest absolute Gasteiger partial charge is 0.311 e. The van der Waals surface area contributed by atoms with E-state index in [2.05, 4.69) is 98.5 Å². The predicted octanol–water partition coefficient (Wildman–Crippen LogP) is 7.12. The number of hydrogen-bond donors (Lipinski definition) is 0. The van der Waals surface area contributed by atoms with E-state index in [-0.39, 0.29) is 0 Å². The third kappa shape index (κ3) is 4.30. The van der Waals surface area contributed by atoms with Gasteiger partial charge in [-0.2, -0.15) is 0 Å². The highest BCUT2D eigenvalue weighted by molar-refractivity contribution is 5.76. The smallest absolute Gasteiger partial charge is 0.0461 e. The van der Waals surface area contributed by atoms with Crippen molar-refractivity contribution in [3.63, 3.8) is 0 Å². The van der Waals surface area contributed by atoms with Gasteiger partial charge in [0.25, 0.3) is 0 Å². The standard InChI is InChI=1S/C24H27N/c1-4-5-6-21-11-17-24(18-12-21)25(22-13-7-19(2)8-14-22)23-15-9-20(3)10-16-23/h7-18H,4-6H2,1-3H3. The van der Waals surface area contributed by atoms with Gasteiger partial charge in [-0.05, 0) is 68.7 Å². The molecule has 3 aromatic rings. The molecule has 0 aliphatic rings. The highest BCUT2D eigenvalue weighted by Crippen LogP contribution is 2.34. The maximum Gasteiger partial charge on any atom is 0.0461 e. The maximum atomic E-state index is 2.32. The molecule has 3 rings (SSSR count). The number of benzene rings is 3. The predicted molar refractivity (Wildman–Crippen MR) is 109 cm³/mol. The average molecular weight is 329 g/mol. The van der Waals surface area contributed by atoms with E-state index < -0.39 is 0 Å². The first-order valence-electron chi connectivity index (χ1n) is 9.20. The number of anilines is 3. The van der Waals surface area contributed by atoms with Crippen LogP contribution in [0.1, 0.15) is 36.5 Å². The van der Waals surface area contributed by atoms with Crippen molar-refractivity contribution in [2.24, 2.45) is 0 Å². The van der Waals surface area contributed by atoms with E-state index in [9.17, 15) is 0 Å². The summed E-state index contributed by atoms with van der Waals surface area (Å²) in [4.78, 5) is 2.32. The van der Waals surface area contributed by atoms with Gasteiger partial charge < -0.3 is 4.90 Å². The van der Waals surface area contributed by atoms with E-state index in [0.29, 0.717) is 0 Å². The van der Waals surface area contributed by atoms with Crippen LogP contribution in [0.5, 0.6) is 0 Å². The van der Waals surface area contributed by atoms with E-state index in [1.807, 2.05) is 0 Å². The maximum absolute atomic E-state index is 2.32. The first-order chi connectivity index (χ1) is 12.2. The van der Waals surface area contributed by atoms with Crippen LogP contribution in [-0.4, -0.2) is 0 Å². The molecule has 3 aromatic carbocycles. The van der Waals surface area contributed by atoms with Crippen molar-refractivity contribution >= 4 is 17.1 Å². The molecule has 0 spiro atoms. The number of aryl methyl sites for hydroxylation is 3. The van der Waals surface area contributed by atoms with Crippen molar-refractivity contribution in [2.75, 3.05) is 4.90 Å². The molecule has 0 fully saturated rings. The summed E-state index contributed by atoms with van der Waals surface area (Å²) in [6.07, 6.45) is 3.64. The number of unbranched alkanes of at least 4 members (excludes halogenated alkanes) is 1. The summed E-state index contributed by atoms with van der Waals surface area (Å²) in [7, 11) is 0. The zero-order chi connectivity index (χ0) is 17.6. The van der Waals surface area contributed by atoms with Gasteiger partial charge in [-0.3, -0.25) is 0 Å². The van der Waals surface area contributed by atoms with Gasteiger partial charge in [0.1, 0.15) is 0 Å². The molecule has 0 aliphatic heterocycles. The average Bonchev–Trinajstić information content (AvgIpc) is 2.64. The molecule has 0 unspecified atom stereocenters. The highest BCUT2D eigenvalue weighted by Gasteiger charge is 2.12. The van der Waals surface area contributed by atoms with E-state index >= 15 is 0 Å². The Labute approximate surface area is 151 Å². The lowest BCUT2D eigenvalue weighted by atomic mass is 10.1. The molecule has 128 valence electrons. The molecule has 1 heteroatoms. The summed E-state index contributed by atoms with van der Waals surface area (Å²) in [6.45, 7) is 6.50. The molecule has 0 atom stereocenters. The molecule has 1 nitrogen and oxygen atoms in total. The normalized spacial score (nSPS) is 10.7. The van der Waals surface area contributed by atoms with Crippen LogP contribution in [0.3, 0.4) is 0 Å². The fraction of sp³-hybridized carbons (Fsp3) is 0.250. The molecule has 25 heavy (non-hydrogen) atoms. The summed E-state index contributed by atoms with van der Waals surface area (Å²) in [5.74, 6) is 0. The quantitative estimate of drug-likeness (QED) is 0.465. The Kier molecular flexibility index (Phi) is 5.55. The summed E-state index contributed by atoms with van der Waals surface area (Å²) in [6, 6.07) is 26.5. The van der Waals surface area contributed by atoms with Crippen LogP contribution in [0, 0.1) is 13.8 Å². The topological polar surface area (TPSA) is 3.24 Å². The van der Waals surface area contributed by atoms with Crippen LogP contribution in [0.2, 0.25) is 0 Å². The SMILES string of the molecule is CCCCc1ccc(N(c2ccc(C)cc2)c2ccc(C)cc2)cc1. The summed E-state index contributed by atoms with van der Waals surface area (Å²) in [5, 5.41) is 0. The van der Waals surface area contributed by atoms with E-state index in [4.69, 9.17) is 0 Å². The minimum absolute atomic E-state index is 1.16. The minimum atomic E-state index is 1.16. The Bertz CT molecular complexity index is 738. The lowest BCUT2D eigenvalue weighted by Crippen LogP contribution is -2.10. The van der Waals surface area contributed by atoms with Crippen LogP contribution < -0.4 is 4.90 Å². The third-order valence-corrected chi connectivity index (χ3v) is 4.60. The molecule has 0 saturated heterocycles. The van der Waals surface area contributed by atoms with Gasteiger partial charge in [-0.15, -0.1) is 0 Å². The van der Waals surface area contributed by atoms with Gasteiger partial charge in [0, 0.05) is 17.1 Å². The Balaban J connectivity index is 1.98. The second kappa shape index (κ2) is 8.02. The van der Waals surface area contributed by atoms with Crippen LogP contribution in [0.4, 0.5) is 17.1 Å². The van der Waals surface area contributed by atoms with Crippen LogP contribution >= 0.6 is 0 Å². The first kappa shape index (κ1) is 17.3. The Morgan fingerprint density at radius 2 is 1.00 bits per heavy atom. The van der Waals surface area contributed by atoms with Crippen LogP contribution in [0.15, 0.2) is 72.8 Å². The molecular formula is C24H27N.